The quantitative estimate of drug-likeness (QED) is 0.574. The van der Waals surface area contributed by atoms with Crippen LogP contribution in [0.4, 0.5) is 4.79 Å². The number of nitrogens with one attached hydrogen (secondary N) is 1. The minimum atomic E-state index is -0.491. The number of rotatable bonds is 5. The summed E-state index contributed by atoms with van der Waals surface area (Å²) in [6.07, 6.45) is 2.12. The van der Waals surface area contributed by atoms with E-state index in [1.54, 1.807) is 11.9 Å². The third-order valence-corrected chi connectivity index (χ3v) is 4.51. The summed E-state index contributed by atoms with van der Waals surface area (Å²) < 4.78 is 17.1. The molecule has 2 saturated heterocycles. The molecular formula is C19H36N4O4. The van der Waals surface area contributed by atoms with Crippen LogP contribution in [0.1, 0.15) is 40.5 Å². The second kappa shape index (κ2) is 10.1. The molecule has 0 aromatic rings. The van der Waals surface area contributed by atoms with Crippen molar-refractivity contribution in [1.82, 2.24) is 15.1 Å². The van der Waals surface area contributed by atoms with Crippen LogP contribution in [-0.4, -0.2) is 92.6 Å². The Morgan fingerprint density at radius 1 is 1.30 bits per heavy atom. The highest BCUT2D eigenvalue weighted by Gasteiger charge is 2.32. The maximum absolute atomic E-state index is 12.1. The summed E-state index contributed by atoms with van der Waals surface area (Å²) in [6.45, 7) is 12.5. The average molecular weight is 385 g/mol. The Bertz CT molecular complexity index is 500. The first-order chi connectivity index (χ1) is 12.8. The summed E-state index contributed by atoms with van der Waals surface area (Å²) >= 11 is 0. The Labute approximate surface area is 163 Å². The average Bonchev–Trinajstić information content (AvgIpc) is 3.14. The van der Waals surface area contributed by atoms with Crippen molar-refractivity contribution in [3.63, 3.8) is 0 Å². The molecule has 0 spiro atoms. The van der Waals surface area contributed by atoms with Crippen molar-refractivity contribution in [2.24, 2.45) is 4.99 Å². The van der Waals surface area contributed by atoms with Gasteiger partial charge in [0, 0.05) is 39.8 Å². The summed E-state index contributed by atoms with van der Waals surface area (Å²) in [7, 11) is 1.73. The minimum Gasteiger partial charge on any atom is -0.444 e. The molecule has 156 valence electrons. The van der Waals surface area contributed by atoms with Gasteiger partial charge < -0.3 is 29.3 Å². The Balaban J connectivity index is 1.88. The lowest BCUT2D eigenvalue weighted by atomic mass is 10.1. The molecule has 0 aliphatic carbocycles. The fraction of sp³-hybridized carbons (Fsp3) is 0.895. The zero-order chi connectivity index (χ0) is 19.9. The molecule has 8 heteroatoms. The number of nitrogens with zero attached hydrogens (tertiary/aromatic N) is 3. The van der Waals surface area contributed by atoms with Crippen LogP contribution in [0, 0.1) is 0 Å². The topological polar surface area (TPSA) is 75.6 Å². The molecule has 0 aromatic heterocycles. The fourth-order valence-corrected chi connectivity index (χ4v) is 3.15. The Hall–Kier alpha value is -1.54. The highest BCUT2D eigenvalue weighted by atomic mass is 16.6. The molecule has 2 fully saturated rings. The number of hydrogen-bond donors (Lipinski definition) is 1. The van der Waals surface area contributed by atoms with Gasteiger partial charge in [0.2, 0.25) is 0 Å². The molecule has 1 amide bonds. The van der Waals surface area contributed by atoms with Gasteiger partial charge in [0.25, 0.3) is 0 Å². The van der Waals surface area contributed by atoms with Gasteiger partial charge in [-0.1, -0.05) is 0 Å². The Morgan fingerprint density at radius 2 is 2.04 bits per heavy atom. The lowest BCUT2D eigenvalue weighted by Crippen LogP contribution is -2.53. The molecular weight excluding hydrogens is 348 g/mol. The van der Waals surface area contributed by atoms with E-state index in [1.165, 1.54) is 0 Å². The number of likely N-dealkylation sites (N-methyl/N-ethyl adjacent to an activating group) is 1. The standard InChI is InChI=1S/C19H36N4O4/c1-6-20-17(21-9-10-22(5)18(24)27-19(2,3)4)23-11-13-26-16(14-23)15-8-7-12-25-15/h15-16H,6-14H2,1-5H3,(H,20,21). The second-order valence-corrected chi connectivity index (χ2v) is 8.04. The molecule has 2 heterocycles. The largest absolute Gasteiger partial charge is 0.444 e. The maximum Gasteiger partial charge on any atom is 0.410 e. The van der Waals surface area contributed by atoms with Gasteiger partial charge in [-0.3, -0.25) is 4.99 Å². The van der Waals surface area contributed by atoms with Gasteiger partial charge in [-0.05, 0) is 40.5 Å². The highest BCUT2D eigenvalue weighted by Crippen LogP contribution is 2.21. The fourth-order valence-electron chi connectivity index (χ4n) is 3.15. The van der Waals surface area contributed by atoms with E-state index in [1.807, 2.05) is 20.8 Å². The summed E-state index contributed by atoms with van der Waals surface area (Å²) in [6, 6.07) is 0. The predicted octanol–water partition coefficient (Wildman–Crippen LogP) is 1.70. The van der Waals surface area contributed by atoms with E-state index >= 15 is 0 Å². The molecule has 8 nitrogen and oxygen atoms in total. The van der Waals surface area contributed by atoms with Gasteiger partial charge >= 0.3 is 6.09 Å². The molecule has 0 bridgehead atoms. The monoisotopic (exact) mass is 384 g/mol. The van der Waals surface area contributed by atoms with Crippen molar-refractivity contribution >= 4 is 12.1 Å². The first-order valence-electron chi connectivity index (χ1n) is 10.0. The van der Waals surface area contributed by atoms with Gasteiger partial charge in [-0.2, -0.15) is 0 Å². The SMILES string of the molecule is CCNC(=NCCN(C)C(=O)OC(C)(C)C)N1CCOC(C2CCCO2)C1. The normalized spacial score (nSPS) is 24.0. The van der Waals surface area contributed by atoms with Crippen LogP contribution in [0.2, 0.25) is 0 Å². The molecule has 2 atom stereocenters. The number of carbonyl (C=O) groups excluding carboxylic acids is 1. The summed E-state index contributed by atoms with van der Waals surface area (Å²) in [4.78, 5) is 20.5. The lowest BCUT2D eigenvalue weighted by molar-refractivity contribution is -0.0817. The molecule has 2 unspecified atom stereocenters. The van der Waals surface area contributed by atoms with E-state index < -0.39 is 5.60 Å². The smallest absolute Gasteiger partial charge is 0.410 e. The number of ether oxygens (including phenoxy) is 3. The van der Waals surface area contributed by atoms with Crippen LogP contribution >= 0.6 is 0 Å². The maximum atomic E-state index is 12.1. The van der Waals surface area contributed by atoms with Crippen LogP contribution in [0.3, 0.4) is 0 Å². The summed E-state index contributed by atoms with van der Waals surface area (Å²) in [5.41, 5.74) is -0.491. The predicted molar refractivity (Wildman–Crippen MR) is 105 cm³/mol. The molecule has 2 aliphatic heterocycles. The van der Waals surface area contributed by atoms with Gasteiger partial charge in [-0.15, -0.1) is 0 Å². The number of guanidine groups is 1. The van der Waals surface area contributed by atoms with Crippen molar-refractivity contribution in [3.8, 4) is 0 Å². The van der Waals surface area contributed by atoms with Crippen LogP contribution in [0.15, 0.2) is 4.99 Å². The van der Waals surface area contributed by atoms with Crippen LogP contribution in [0.25, 0.3) is 0 Å². The van der Waals surface area contributed by atoms with Gasteiger partial charge in [0.15, 0.2) is 5.96 Å². The lowest BCUT2D eigenvalue weighted by Gasteiger charge is -2.37. The first-order valence-corrected chi connectivity index (χ1v) is 10.0. The van der Waals surface area contributed by atoms with E-state index in [0.29, 0.717) is 19.7 Å². The van der Waals surface area contributed by atoms with Gasteiger partial charge in [0.05, 0.1) is 19.3 Å². The number of hydrogen-bond acceptors (Lipinski definition) is 5. The van der Waals surface area contributed by atoms with Crippen molar-refractivity contribution in [3.05, 3.63) is 0 Å². The minimum absolute atomic E-state index is 0.0922. The summed E-state index contributed by atoms with van der Waals surface area (Å²) in [5, 5.41) is 3.35. The van der Waals surface area contributed by atoms with Crippen LogP contribution in [0.5, 0.6) is 0 Å². The van der Waals surface area contributed by atoms with E-state index in [9.17, 15) is 4.79 Å². The van der Waals surface area contributed by atoms with E-state index in [2.05, 4.69) is 17.1 Å². The Kier molecular flexibility index (Phi) is 8.16. The first kappa shape index (κ1) is 21.8. The van der Waals surface area contributed by atoms with E-state index in [4.69, 9.17) is 19.2 Å². The Morgan fingerprint density at radius 3 is 2.67 bits per heavy atom. The number of aliphatic imine (C=N–C) groups is 1. The van der Waals surface area contributed by atoms with Crippen molar-refractivity contribution in [2.75, 3.05) is 53.0 Å². The highest BCUT2D eigenvalue weighted by molar-refractivity contribution is 5.80. The van der Waals surface area contributed by atoms with Gasteiger partial charge in [-0.25, -0.2) is 4.79 Å². The van der Waals surface area contributed by atoms with E-state index in [0.717, 1.165) is 45.0 Å². The van der Waals surface area contributed by atoms with Gasteiger partial charge in [0.1, 0.15) is 11.7 Å². The molecule has 2 aliphatic rings. The van der Waals surface area contributed by atoms with E-state index in [-0.39, 0.29) is 18.3 Å². The summed E-state index contributed by atoms with van der Waals surface area (Å²) in [5.74, 6) is 0.862. The molecule has 1 N–H and O–H groups in total. The number of morpholine rings is 1. The third kappa shape index (κ3) is 7.18. The van der Waals surface area contributed by atoms with Crippen LogP contribution in [-0.2, 0) is 14.2 Å². The van der Waals surface area contributed by atoms with Crippen molar-refractivity contribution < 1.29 is 19.0 Å². The zero-order valence-corrected chi connectivity index (χ0v) is 17.5. The molecule has 27 heavy (non-hydrogen) atoms. The number of amides is 1. The molecule has 0 saturated carbocycles. The van der Waals surface area contributed by atoms with Crippen molar-refractivity contribution in [1.29, 1.82) is 0 Å². The zero-order valence-electron chi connectivity index (χ0n) is 17.5. The van der Waals surface area contributed by atoms with Crippen LogP contribution < -0.4 is 5.32 Å². The number of carbonyl (C=O) groups is 1. The second-order valence-electron chi connectivity index (χ2n) is 8.04. The molecule has 2 rings (SSSR count). The van der Waals surface area contributed by atoms with Crippen molar-refractivity contribution in [2.45, 2.75) is 58.3 Å². The molecule has 0 aromatic carbocycles. The third-order valence-electron chi connectivity index (χ3n) is 4.51. The molecule has 0 radical (unpaired) electrons.